The van der Waals surface area contributed by atoms with Gasteiger partial charge in [0.05, 0.1) is 27.7 Å². The van der Waals surface area contributed by atoms with Gasteiger partial charge in [-0.15, -0.1) is 22.7 Å². The van der Waals surface area contributed by atoms with Crippen LogP contribution in [0.5, 0.6) is 0 Å². The quantitative estimate of drug-likeness (QED) is 0.449. The Morgan fingerprint density at radius 2 is 2.06 bits per heavy atom. The van der Waals surface area contributed by atoms with Crippen LogP contribution in [0.1, 0.15) is 25.1 Å². The summed E-state index contributed by atoms with van der Waals surface area (Å²) in [5.41, 5.74) is -0.315. The Bertz CT molecular complexity index is 1410. The van der Waals surface area contributed by atoms with Crippen molar-refractivity contribution in [3.8, 4) is 10.8 Å². The number of halogens is 1. The minimum Gasteiger partial charge on any atom is -0.480 e. The molecule has 162 valence electrons. The SMILES string of the molecule is Cc1c(-c2ncco2)sc2c1c(=O)n(C(C)(C)C(=O)O)c(=O)n2CCc1ncsc1Cl. The third kappa shape index (κ3) is 3.42. The highest BCUT2D eigenvalue weighted by atomic mass is 35.5. The van der Waals surface area contributed by atoms with Gasteiger partial charge in [-0.2, -0.15) is 0 Å². The lowest BCUT2D eigenvalue weighted by Crippen LogP contribution is -2.52. The number of thiazole rings is 1. The molecule has 0 fully saturated rings. The number of oxazole rings is 1. The molecule has 31 heavy (non-hydrogen) atoms. The largest absolute Gasteiger partial charge is 0.480 e. The summed E-state index contributed by atoms with van der Waals surface area (Å²) in [4.78, 5) is 48.0. The van der Waals surface area contributed by atoms with Gasteiger partial charge in [0.15, 0.2) is 0 Å². The van der Waals surface area contributed by atoms with Crippen LogP contribution in [0.2, 0.25) is 4.34 Å². The van der Waals surface area contributed by atoms with E-state index in [0.717, 1.165) is 4.57 Å². The fraction of sp³-hybridized carbons (Fsp3) is 0.316. The van der Waals surface area contributed by atoms with Crippen LogP contribution in [0.25, 0.3) is 21.0 Å². The summed E-state index contributed by atoms with van der Waals surface area (Å²) in [5.74, 6) is -0.968. The maximum absolute atomic E-state index is 13.4. The highest BCUT2D eigenvalue weighted by molar-refractivity contribution is 7.22. The van der Waals surface area contributed by atoms with Crippen molar-refractivity contribution in [2.75, 3.05) is 0 Å². The van der Waals surface area contributed by atoms with Gasteiger partial charge in [0.2, 0.25) is 5.89 Å². The number of aliphatic carboxylic acids is 1. The predicted octanol–water partition coefficient (Wildman–Crippen LogP) is 3.36. The molecule has 4 aromatic rings. The molecular weight excluding hydrogens is 464 g/mol. The van der Waals surface area contributed by atoms with Gasteiger partial charge in [-0.1, -0.05) is 11.6 Å². The predicted molar refractivity (Wildman–Crippen MR) is 118 cm³/mol. The molecule has 4 aromatic heterocycles. The molecule has 0 aliphatic carbocycles. The van der Waals surface area contributed by atoms with Crippen molar-refractivity contribution in [2.45, 2.75) is 39.3 Å². The van der Waals surface area contributed by atoms with E-state index < -0.39 is 22.8 Å². The molecule has 0 bridgehead atoms. The number of aryl methyl sites for hydroxylation is 3. The van der Waals surface area contributed by atoms with Crippen molar-refractivity contribution in [2.24, 2.45) is 0 Å². The summed E-state index contributed by atoms with van der Waals surface area (Å²) in [6.45, 7) is 4.54. The summed E-state index contributed by atoms with van der Waals surface area (Å²) < 4.78 is 8.11. The topological polar surface area (TPSA) is 120 Å². The first-order valence-electron chi connectivity index (χ1n) is 9.15. The van der Waals surface area contributed by atoms with Gasteiger partial charge < -0.3 is 9.52 Å². The average molecular weight is 481 g/mol. The second-order valence-electron chi connectivity index (χ2n) is 7.34. The zero-order valence-corrected chi connectivity index (χ0v) is 19.1. The Balaban J connectivity index is 2.02. The van der Waals surface area contributed by atoms with E-state index in [1.54, 1.807) is 12.4 Å². The summed E-state index contributed by atoms with van der Waals surface area (Å²) in [6.07, 6.45) is 3.25. The molecule has 0 saturated heterocycles. The molecule has 0 unspecified atom stereocenters. The molecule has 4 heterocycles. The minimum atomic E-state index is -1.75. The zero-order valence-electron chi connectivity index (χ0n) is 16.7. The van der Waals surface area contributed by atoms with E-state index in [1.807, 2.05) is 0 Å². The maximum Gasteiger partial charge on any atom is 0.333 e. The second kappa shape index (κ2) is 7.74. The molecule has 0 amide bonds. The number of thiophene rings is 1. The molecule has 0 aliphatic heterocycles. The highest BCUT2D eigenvalue weighted by Gasteiger charge is 2.35. The molecule has 0 aliphatic rings. The van der Waals surface area contributed by atoms with E-state index in [-0.39, 0.29) is 11.9 Å². The van der Waals surface area contributed by atoms with Crippen LogP contribution in [0.15, 0.2) is 32.0 Å². The first kappa shape index (κ1) is 21.5. The highest BCUT2D eigenvalue weighted by Crippen LogP contribution is 2.35. The van der Waals surface area contributed by atoms with E-state index in [1.165, 1.54) is 53.5 Å². The average Bonchev–Trinajstić information content (AvgIpc) is 3.42. The van der Waals surface area contributed by atoms with Crippen molar-refractivity contribution >= 4 is 50.5 Å². The molecule has 0 atom stereocenters. The Kier molecular flexibility index (Phi) is 5.36. The van der Waals surface area contributed by atoms with Crippen molar-refractivity contribution in [3.05, 3.63) is 54.4 Å². The number of rotatable bonds is 6. The van der Waals surface area contributed by atoms with Crippen LogP contribution in [0.3, 0.4) is 0 Å². The third-order valence-corrected chi connectivity index (χ3v) is 7.53. The smallest absolute Gasteiger partial charge is 0.333 e. The van der Waals surface area contributed by atoms with Crippen molar-refractivity contribution < 1.29 is 14.3 Å². The van der Waals surface area contributed by atoms with Crippen molar-refractivity contribution in [1.82, 2.24) is 19.1 Å². The number of carboxylic acids is 1. The number of hydrogen-bond donors (Lipinski definition) is 1. The Labute approximate surface area is 188 Å². The van der Waals surface area contributed by atoms with Gasteiger partial charge in [-0.3, -0.25) is 9.36 Å². The first-order chi connectivity index (χ1) is 14.6. The van der Waals surface area contributed by atoms with Crippen LogP contribution < -0.4 is 11.2 Å². The summed E-state index contributed by atoms with van der Waals surface area (Å²) >= 11 is 8.63. The molecule has 12 heteroatoms. The Hall–Kier alpha value is -2.76. The number of nitrogens with zero attached hydrogens (tertiary/aromatic N) is 4. The van der Waals surface area contributed by atoms with Crippen molar-refractivity contribution in [1.29, 1.82) is 0 Å². The summed E-state index contributed by atoms with van der Waals surface area (Å²) in [5, 5.41) is 9.95. The van der Waals surface area contributed by atoms with Crippen LogP contribution in [0, 0.1) is 6.92 Å². The Morgan fingerprint density at radius 3 is 2.65 bits per heavy atom. The number of fused-ring (bicyclic) bond motifs is 1. The summed E-state index contributed by atoms with van der Waals surface area (Å²) in [7, 11) is 0. The third-order valence-electron chi connectivity index (χ3n) is 5.09. The normalized spacial score (nSPS) is 12.0. The molecule has 0 radical (unpaired) electrons. The van der Waals surface area contributed by atoms with Gasteiger partial charge in [0, 0.05) is 13.0 Å². The van der Waals surface area contributed by atoms with Gasteiger partial charge in [-0.05, 0) is 26.3 Å². The molecule has 0 spiro atoms. The van der Waals surface area contributed by atoms with E-state index in [0.29, 0.717) is 37.6 Å². The lowest BCUT2D eigenvalue weighted by molar-refractivity contribution is -0.146. The Morgan fingerprint density at radius 1 is 1.32 bits per heavy atom. The number of carbonyl (C=O) groups is 1. The van der Waals surface area contributed by atoms with E-state index in [4.69, 9.17) is 16.0 Å². The minimum absolute atomic E-state index is 0.166. The van der Waals surface area contributed by atoms with Gasteiger partial charge >= 0.3 is 11.7 Å². The molecule has 0 saturated carbocycles. The fourth-order valence-electron chi connectivity index (χ4n) is 3.31. The van der Waals surface area contributed by atoms with E-state index >= 15 is 0 Å². The van der Waals surface area contributed by atoms with Gasteiger partial charge in [0.1, 0.15) is 21.0 Å². The first-order valence-corrected chi connectivity index (χ1v) is 11.2. The molecule has 1 N–H and O–H groups in total. The fourth-order valence-corrected chi connectivity index (χ4v) is 5.39. The number of hydrogen-bond acceptors (Lipinski definition) is 8. The second-order valence-corrected chi connectivity index (χ2v) is 9.79. The van der Waals surface area contributed by atoms with E-state index in [2.05, 4.69) is 9.97 Å². The number of aromatic nitrogens is 4. The molecule has 4 rings (SSSR count). The molecule has 0 aromatic carbocycles. The lowest BCUT2D eigenvalue weighted by atomic mass is 10.1. The van der Waals surface area contributed by atoms with Crippen LogP contribution in [0.4, 0.5) is 0 Å². The van der Waals surface area contributed by atoms with Gasteiger partial charge in [-0.25, -0.2) is 24.1 Å². The van der Waals surface area contributed by atoms with Crippen LogP contribution in [-0.2, 0) is 23.3 Å². The zero-order chi connectivity index (χ0) is 22.5. The molecular formula is C19H17ClN4O5S2. The number of carboxylic acid groups (broad SMARTS) is 1. The van der Waals surface area contributed by atoms with Crippen LogP contribution >= 0.6 is 34.3 Å². The standard InChI is InChI=1S/C19H17ClN4O5S2/c1-9-11-15(25)24(19(2,3)17(26)27)18(28)23(6-4-10-13(20)30-8-22-10)16(11)31-12(9)14-21-5-7-29-14/h5,7-8H,4,6H2,1-3H3,(H,26,27). The molecule has 9 nitrogen and oxygen atoms in total. The monoisotopic (exact) mass is 480 g/mol. The maximum atomic E-state index is 13.4. The van der Waals surface area contributed by atoms with Crippen LogP contribution in [-0.4, -0.2) is 30.2 Å². The van der Waals surface area contributed by atoms with E-state index in [9.17, 15) is 19.5 Å². The van der Waals surface area contributed by atoms with Crippen molar-refractivity contribution in [3.63, 3.8) is 0 Å². The lowest BCUT2D eigenvalue weighted by Gasteiger charge is -2.23. The van der Waals surface area contributed by atoms with Gasteiger partial charge in [0.25, 0.3) is 5.56 Å². The summed E-state index contributed by atoms with van der Waals surface area (Å²) in [6, 6.07) is 0.